The molecule has 0 radical (unpaired) electrons. The van der Waals surface area contributed by atoms with Crippen LogP contribution >= 0.6 is 15.9 Å². The highest BCUT2D eigenvalue weighted by molar-refractivity contribution is 9.10. The first-order valence-corrected chi connectivity index (χ1v) is 6.58. The van der Waals surface area contributed by atoms with Crippen LogP contribution in [0.5, 0.6) is 11.5 Å². The summed E-state index contributed by atoms with van der Waals surface area (Å²) in [5, 5.41) is 14.7. The average molecular weight is 352 g/mol. The maximum absolute atomic E-state index is 13.9. The molecule has 21 heavy (non-hydrogen) atoms. The van der Waals surface area contributed by atoms with Gasteiger partial charge in [-0.25, -0.2) is 8.91 Å². The molecular weight excluding hydrogens is 345 g/mol. The third-order valence-electron chi connectivity index (χ3n) is 2.78. The Morgan fingerprint density at radius 1 is 1.29 bits per heavy atom. The summed E-state index contributed by atoms with van der Waals surface area (Å²) in [5.74, 6) is -0.515. The van der Waals surface area contributed by atoms with Crippen molar-refractivity contribution < 1.29 is 14.1 Å². The van der Waals surface area contributed by atoms with E-state index in [1.165, 1.54) is 12.1 Å². The third-order valence-corrected chi connectivity index (χ3v) is 3.22. The summed E-state index contributed by atoms with van der Waals surface area (Å²) in [4.78, 5) is 9.92. The van der Waals surface area contributed by atoms with Crippen molar-refractivity contribution in [2.75, 3.05) is 0 Å². The molecule has 0 aliphatic rings. The van der Waals surface area contributed by atoms with E-state index in [1.807, 2.05) is 0 Å². The molecule has 3 rings (SSSR count). The second kappa shape index (κ2) is 5.13. The average Bonchev–Trinajstić information content (AvgIpc) is 2.88. The summed E-state index contributed by atoms with van der Waals surface area (Å²) < 4.78 is 21.6. The van der Waals surface area contributed by atoms with Crippen molar-refractivity contribution in [1.29, 1.82) is 0 Å². The molecule has 2 aromatic heterocycles. The Morgan fingerprint density at radius 3 is 2.81 bits per heavy atom. The number of nitro groups is 1. The lowest BCUT2D eigenvalue weighted by Crippen LogP contribution is -1.95. The summed E-state index contributed by atoms with van der Waals surface area (Å²) in [5.41, 5.74) is 0.319. The largest absolute Gasteiger partial charge is 0.452 e. The maximum Gasteiger partial charge on any atom is 0.272 e. The number of hydrogen-bond donors (Lipinski definition) is 0. The first kappa shape index (κ1) is 13.5. The van der Waals surface area contributed by atoms with Crippen molar-refractivity contribution in [3.05, 3.63) is 63.1 Å². The molecule has 0 N–H and O–H groups in total. The van der Waals surface area contributed by atoms with Gasteiger partial charge in [0.15, 0.2) is 17.3 Å². The number of ether oxygens (including phenoxy) is 1. The Hall–Kier alpha value is -2.48. The van der Waals surface area contributed by atoms with Gasteiger partial charge in [0, 0.05) is 16.7 Å². The topological polar surface area (TPSA) is 69.7 Å². The van der Waals surface area contributed by atoms with Crippen LogP contribution in [0.2, 0.25) is 0 Å². The van der Waals surface area contributed by atoms with E-state index >= 15 is 0 Å². The molecule has 3 aromatic rings. The predicted molar refractivity (Wildman–Crippen MR) is 76.0 cm³/mol. The van der Waals surface area contributed by atoms with Gasteiger partial charge in [-0.2, -0.15) is 5.10 Å². The summed E-state index contributed by atoms with van der Waals surface area (Å²) in [7, 11) is 0. The number of non-ortho nitro benzene ring substituents is 1. The SMILES string of the molecule is O=[N+]([O-])c1ccc(Oc2cc(Br)cn3nccc23)c(F)c1. The van der Waals surface area contributed by atoms with Crippen molar-refractivity contribution in [3.63, 3.8) is 0 Å². The minimum absolute atomic E-state index is 0.0956. The van der Waals surface area contributed by atoms with Crippen LogP contribution in [0.1, 0.15) is 0 Å². The predicted octanol–water partition coefficient (Wildman–Crippen LogP) is 3.94. The van der Waals surface area contributed by atoms with Gasteiger partial charge < -0.3 is 4.74 Å². The summed E-state index contributed by atoms with van der Waals surface area (Å²) >= 11 is 3.31. The molecule has 106 valence electrons. The normalized spacial score (nSPS) is 10.8. The molecule has 0 amide bonds. The quantitative estimate of drug-likeness (QED) is 0.529. The Balaban J connectivity index is 2.02. The number of hydrogen-bond acceptors (Lipinski definition) is 4. The minimum Gasteiger partial charge on any atom is -0.452 e. The number of benzene rings is 1. The zero-order valence-electron chi connectivity index (χ0n) is 10.4. The van der Waals surface area contributed by atoms with Gasteiger partial charge in [-0.15, -0.1) is 0 Å². The van der Waals surface area contributed by atoms with E-state index in [0.717, 1.165) is 6.07 Å². The third kappa shape index (κ3) is 2.57. The first-order chi connectivity index (χ1) is 10.0. The van der Waals surface area contributed by atoms with Crippen molar-refractivity contribution in [3.8, 4) is 11.5 Å². The molecule has 0 fully saturated rings. The number of pyridine rings is 1. The van der Waals surface area contributed by atoms with Crippen molar-refractivity contribution in [1.82, 2.24) is 9.61 Å². The van der Waals surface area contributed by atoms with Gasteiger partial charge >= 0.3 is 0 Å². The molecule has 1 aromatic carbocycles. The van der Waals surface area contributed by atoms with Crippen LogP contribution in [0.4, 0.5) is 10.1 Å². The van der Waals surface area contributed by atoms with Crippen LogP contribution in [0.15, 0.2) is 47.2 Å². The molecule has 0 aliphatic carbocycles. The van der Waals surface area contributed by atoms with Gasteiger partial charge in [-0.3, -0.25) is 10.1 Å². The van der Waals surface area contributed by atoms with Crippen LogP contribution < -0.4 is 4.74 Å². The number of rotatable bonds is 3. The smallest absolute Gasteiger partial charge is 0.272 e. The molecule has 0 spiro atoms. The Morgan fingerprint density at radius 2 is 2.10 bits per heavy atom. The molecule has 2 heterocycles. The van der Waals surface area contributed by atoms with E-state index in [0.29, 0.717) is 15.7 Å². The van der Waals surface area contributed by atoms with Crippen LogP contribution in [0.3, 0.4) is 0 Å². The van der Waals surface area contributed by atoms with E-state index in [-0.39, 0.29) is 11.4 Å². The van der Waals surface area contributed by atoms with Gasteiger partial charge in [0.25, 0.3) is 5.69 Å². The number of nitrogens with zero attached hydrogens (tertiary/aromatic N) is 3. The summed E-state index contributed by atoms with van der Waals surface area (Å²) in [6.45, 7) is 0. The van der Waals surface area contributed by atoms with Crippen molar-refractivity contribution >= 4 is 27.1 Å². The highest BCUT2D eigenvalue weighted by Crippen LogP contribution is 2.31. The van der Waals surface area contributed by atoms with E-state index in [4.69, 9.17) is 4.74 Å². The van der Waals surface area contributed by atoms with Gasteiger partial charge in [0.05, 0.1) is 17.2 Å². The highest BCUT2D eigenvalue weighted by Gasteiger charge is 2.14. The van der Waals surface area contributed by atoms with Crippen LogP contribution in [0, 0.1) is 15.9 Å². The lowest BCUT2D eigenvalue weighted by atomic mass is 10.3. The standard InChI is InChI=1S/C13H7BrFN3O3/c14-8-5-13(11-3-4-16-17(11)7-8)21-12-2-1-9(18(19)20)6-10(12)15/h1-7H. The number of fused-ring (bicyclic) bond motifs is 1. The lowest BCUT2D eigenvalue weighted by molar-refractivity contribution is -0.385. The molecule has 6 nitrogen and oxygen atoms in total. The zero-order chi connectivity index (χ0) is 15.0. The number of nitro benzene ring substituents is 1. The Kier molecular flexibility index (Phi) is 3.30. The Bertz CT molecular complexity index is 850. The number of halogens is 2. The van der Waals surface area contributed by atoms with Gasteiger partial charge in [-0.1, -0.05) is 0 Å². The number of aromatic nitrogens is 2. The van der Waals surface area contributed by atoms with E-state index in [2.05, 4.69) is 21.0 Å². The first-order valence-electron chi connectivity index (χ1n) is 5.79. The van der Waals surface area contributed by atoms with Crippen molar-refractivity contribution in [2.45, 2.75) is 0 Å². The highest BCUT2D eigenvalue weighted by atomic mass is 79.9. The van der Waals surface area contributed by atoms with Crippen LogP contribution in [0.25, 0.3) is 5.52 Å². The fraction of sp³-hybridized carbons (Fsp3) is 0. The molecule has 0 unspecified atom stereocenters. The maximum atomic E-state index is 13.9. The molecule has 0 saturated heterocycles. The second-order valence-corrected chi connectivity index (χ2v) is 5.07. The monoisotopic (exact) mass is 351 g/mol. The lowest BCUT2D eigenvalue weighted by Gasteiger charge is -2.08. The van der Waals surface area contributed by atoms with Gasteiger partial charge in [0.1, 0.15) is 5.52 Å². The second-order valence-electron chi connectivity index (χ2n) is 4.16. The van der Waals surface area contributed by atoms with Gasteiger partial charge in [-0.05, 0) is 34.1 Å². The van der Waals surface area contributed by atoms with Crippen LogP contribution in [-0.2, 0) is 0 Å². The zero-order valence-corrected chi connectivity index (χ0v) is 11.9. The van der Waals surface area contributed by atoms with Crippen molar-refractivity contribution in [2.24, 2.45) is 0 Å². The molecule has 0 bridgehead atoms. The van der Waals surface area contributed by atoms with E-state index in [9.17, 15) is 14.5 Å². The molecule has 0 saturated carbocycles. The summed E-state index contributed by atoms with van der Waals surface area (Å²) in [6, 6.07) is 6.61. The molecule has 0 aliphatic heterocycles. The molecule has 8 heteroatoms. The fourth-order valence-corrected chi connectivity index (χ4v) is 2.25. The van der Waals surface area contributed by atoms with Crippen LogP contribution in [-0.4, -0.2) is 14.5 Å². The minimum atomic E-state index is -0.804. The van der Waals surface area contributed by atoms with Gasteiger partial charge in [0.2, 0.25) is 0 Å². The molecule has 0 atom stereocenters. The van der Waals surface area contributed by atoms with E-state index < -0.39 is 10.7 Å². The fourth-order valence-electron chi connectivity index (χ4n) is 1.85. The Labute approximate surface area is 126 Å². The summed E-state index contributed by atoms with van der Waals surface area (Å²) in [6.07, 6.45) is 3.31. The van der Waals surface area contributed by atoms with E-state index in [1.54, 1.807) is 29.0 Å². The molecular formula is C13H7BrFN3O3.